The Kier molecular flexibility index (Phi) is 3.06. The van der Waals surface area contributed by atoms with Gasteiger partial charge in [-0.1, -0.05) is 18.2 Å². The van der Waals surface area contributed by atoms with Gasteiger partial charge in [-0.05, 0) is 25.5 Å². The lowest BCUT2D eigenvalue weighted by atomic mass is 9.99. The number of aromatic nitrogens is 2. The van der Waals surface area contributed by atoms with Crippen LogP contribution in [0.25, 0.3) is 5.69 Å². The number of benzene rings is 1. The minimum absolute atomic E-state index is 0.266. The predicted octanol–water partition coefficient (Wildman–Crippen LogP) is 1.66. The summed E-state index contributed by atoms with van der Waals surface area (Å²) in [5.74, 6) is -1.58. The summed E-state index contributed by atoms with van der Waals surface area (Å²) in [6, 6.07) is 7.03. The maximum Gasteiger partial charge on any atom is 0.330 e. The van der Waals surface area contributed by atoms with Crippen molar-refractivity contribution in [2.24, 2.45) is 0 Å². The van der Waals surface area contributed by atoms with E-state index in [1.54, 1.807) is 44.3 Å². The van der Waals surface area contributed by atoms with Crippen molar-refractivity contribution in [2.45, 2.75) is 19.8 Å². The standard InChI is InChI=1S/C13H14N2O3/c1-8-7-14-13(18)15(8)11-6-4-3-5-10(11)9(2)12(16)17/h3-7,9H,1-2H3,(H,14,18)(H,16,17). The van der Waals surface area contributed by atoms with Gasteiger partial charge in [0, 0.05) is 11.9 Å². The van der Waals surface area contributed by atoms with Crippen LogP contribution in [0.2, 0.25) is 0 Å². The van der Waals surface area contributed by atoms with Crippen LogP contribution in [0.5, 0.6) is 0 Å². The highest BCUT2D eigenvalue weighted by molar-refractivity contribution is 5.77. The van der Waals surface area contributed by atoms with Crippen molar-refractivity contribution in [1.82, 2.24) is 9.55 Å². The van der Waals surface area contributed by atoms with E-state index < -0.39 is 11.9 Å². The molecular formula is C13H14N2O3. The topological polar surface area (TPSA) is 75.1 Å². The van der Waals surface area contributed by atoms with Crippen molar-refractivity contribution in [3.8, 4) is 5.69 Å². The Hall–Kier alpha value is -2.30. The van der Waals surface area contributed by atoms with E-state index >= 15 is 0 Å². The molecule has 18 heavy (non-hydrogen) atoms. The fraction of sp³-hybridized carbons (Fsp3) is 0.231. The lowest BCUT2D eigenvalue weighted by molar-refractivity contribution is -0.138. The number of para-hydroxylation sites is 1. The van der Waals surface area contributed by atoms with E-state index in [1.165, 1.54) is 4.57 Å². The molecule has 0 radical (unpaired) electrons. The number of carboxylic acid groups (broad SMARTS) is 1. The Morgan fingerprint density at radius 1 is 1.39 bits per heavy atom. The van der Waals surface area contributed by atoms with Crippen LogP contribution in [0.3, 0.4) is 0 Å². The lowest BCUT2D eigenvalue weighted by Crippen LogP contribution is -2.19. The SMILES string of the molecule is Cc1c[nH]c(=O)n1-c1ccccc1C(C)C(=O)O. The first kappa shape index (κ1) is 12.2. The minimum atomic E-state index is -0.913. The normalized spacial score (nSPS) is 12.3. The van der Waals surface area contributed by atoms with E-state index in [9.17, 15) is 9.59 Å². The molecule has 2 N–H and O–H groups in total. The molecule has 1 unspecified atom stereocenters. The Balaban J connectivity index is 2.66. The molecular weight excluding hydrogens is 232 g/mol. The van der Waals surface area contributed by atoms with Crippen LogP contribution < -0.4 is 5.69 Å². The van der Waals surface area contributed by atoms with Crippen molar-refractivity contribution < 1.29 is 9.90 Å². The number of aliphatic carboxylic acids is 1. The summed E-state index contributed by atoms with van der Waals surface area (Å²) in [7, 11) is 0. The third-order valence-electron chi connectivity index (χ3n) is 2.97. The first-order chi connectivity index (χ1) is 8.52. The average Bonchev–Trinajstić information content (AvgIpc) is 2.68. The van der Waals surface area contributed by atoms with Crippen LogP contribution in [-0.2, 0) is 4.79 Å². The van der Waals surface area contributed by atoms with Crippen LogP contribution in [0.1, 0.15) is 24.1 Å². The molecule has 1 heterocycles. The number of hydrogen-bond donors (Lipinski definition) is 2. The van der Waals surface area contributed by atoms with Gasteiger partial charge >= 0.3 is 11.7 Å². The second kappa shape index (κ2) is 4.52. The Morgan fingerprint density at radius 2 is 2.06 bits per heavy atom. The number of aromatic amines is 1. The van der Waals surface area contributed by atoms with Gasteiger partial charge < -0.3 is 10.1 Å². The van der Waals surface area contributed by atoms with Crippen LogP contribution in [0, 0.1) is 6.92 Å². The quantitative estimate of drug-likeness (QED) is 0.864. The molecule has 0 aliphatic heterocycles. The van der Waals surface area contributed by atoms with Crippen LogP contribution in [0.15, 0.2) is 35.3 Å². The average molecular weight is 246 g/mol. The van der Waals surface area contributed by atoms with Gasteiger partial charge in [0.2, 0.25) is 0 Å². The number of rotatable bonds is 3. The second-order valence-electron chi connectivity index (χ2n) is 4.19. The molecule has 0 spiro atoms. The summed E-state index contributed by atoms with van der Waals surface area (Å²) in [4.78, 5) is 25.4. The largest absolute Gasteiger partial charge is 0.481 e. The predicted molar refractivity (Wildman–Crippen MR) is 67.2 cm³/mol. The molecule has 2 rings (SSSR count). The van der Waals surface area contributed by atoms with Gasteiger partial charge in [0.1, 0.15) is 0 Å². The highest BCUT2D eigenvalue weighted by Gasteiger charge is 2.19. The van der Waals surface area contributed by atoms with E-state index in [2.05, 4.69) is 4.98 Å². The number of hydrogen-bond acceptors (Lipinski definition) is 2. The van der Waals surface area contributed by atoms with Gasteiger partial charge in [-0.3, -0.25) is 9.36 Å². The summed E-state index contributed by atoms with van der Waals surface area (Å²) in [5.41, 5.74) is 1.70. The molecule has 1 aromatic carbocycles. The lowest BCUT2D eigenvalue weighted by Gasteiger charge is -2.14. The molecule has 1 aromatic heterocycles. The van der Waals surface area contributed by atoms with E-state index in [0.717, 1.165) is 5.69 Å². The number of aryl methyl sites for hydroxylation is 1. The van der Waals surface area contributed by atoms with Crippen molar-refractivity contribution in [3.63, 3.8) is 0 Å². The smallest absolute Gasteiger partial charge is 0.330 e. The first-order valence-corrected chi connectivity index (χ1v) is 5.61. The van der Waals surface area contributed by atoms with Gasteiger partial charge in [-0.15, -0.1) is 0 Å². The van der Waals surface area contributed by atoms with E-state index in [4.69, 9.17) is 5.11 Å². The second-order valence-corrected chi connectivity index (χ2v) is 4.19. The Morgan fingerprint density at radius 3 is 2.61 bits per heavy atom. The van der Waals surface area contributed by atoms with Crippen molar-refractivity contribution in [1.29, 1.82) is 0 Å². The highest BCUT2D eigenvalue weighted by Crippen LogP contribution is 2.23. The van der Waals surface area contributed by atoms with E-state index in [0.29, 0.717) is 11.3 Å². The molecule has 0 aliphatic rings. The zero-order valence-electron chi connectivity index (χ0n) is 10.2. The fourth-order valence-electron chi connectivity index (χ4n) is 1.95. The summed E-state index contributed by atoms with van der Waals surface area (Å²) < 4.78 is 1.48. The fourth-order valence-corrected chi connectivity index (χ4v) is 1.95. The molecule has 0 saturated carbocycles. The van der Waals surface area contributed by atoms with E-state index in [1.807, 2.05) is 0 Å². The molecule has 0 aliphatic carbocycles. The minimum Gasteiger partial charge on any atom is -0.481 e. The molecule has 1 atom stereocenters. The third kappa shape index (κ3) is 1.95. The third-order valence-corrected chi connectivity index (χ3v) is 2.97. The monoisotopic (exact) mass is 246 g/mol. The molecule has 94 valence electrons. The molecule has 5 nitrogen and oxygen atoms in total. The number of carboxylic acids is 1. The maximum atomic E-state index is 11.7. The Bertz CT molecular complexity index is 640. The summed E-state index contributed by atoms with van der Waals surface area (Å²) in [6.45, 7) is 3.40. The van der Waals surface area contributed by atoms with Crippen LogP contribution in [-0.4, -0.2) is 20.6 Å². The van der Waals surface area contributed by atoms with Gasteiger partial charge in [0.05, 0.1) is 11.6 Å². The molecule has 0 bridgehead atoms. The molecule has 0 saturated heterocycles. The zero-order chi connectivity index (χ0) is 13.3. The van der Waals surface area contributed by atoms with Crippen LogP contribution >= 0.6 is 0 Å². The number of carbonyl (C=O) groups is 1. The van der Waals surface area contributed by atoms with Gasteiger partial charge in [0.25, 0.3) is 0 Å². The maximum absolute atomic E-state index is 11.7. The number of imidazole rings is 1. The van der Waals surface area contributed by atoms with Crippen LogP contribution in [0.4, 0.5) is 0 Å². The summed E-state index contributed by atoms with van der Waals surface area (Å²) in [5, 5.41) is 9.10. The number of nitrogens with zero attached hydrogens (tertiary/aromatic N) is 1. The zero-order valence-corrected chi connectivity index (χ0v) is 10.2. The van der Waals surface area contributed by atoms with Crippen molar-refractivity contribution in [3.05, 3.63) is 52.2 Å². The Labute approximate surface area is 104 Å². The van der Waals surface area contributed by atoms with E-state index in [-0.39, 0.29) is 5.69 Å². The highest BCUT2D eigenvalue weighted by atomic mass is 16.4. The van der Waals surface area contributed by atoms with Crippen molar-refractivity contribution >= 4 is 5.97 Å². The molecule has 0 fully saturated rings. The van der Waals surface area contributed by atoms with Gasteiger partial charge in [0.15, 0.2) is 0 Å². The van der Waals surface area contributed by atoms with Crippen molar-refractivity contribution in [2.75, 3.05) is 0 Å². The molecule has 5 heteroatoms. The number of H-pyrrole nitrogens is 1. The van der Waals surface area contributed by atoms with Gasteiger partial charge in [-0.25, -0.2) is 4.79 Å². The summed E-state index contributed by atoms with van der Waals surface area (Å²) >= 11 is 0. The molecule has 0 amide bonds. The number of nitrogens with one attached hydrogen (secondary N) is 1. The summed E-state index contributed by atoms with van der Waals surface area (Å²) in [6.07, 6.45) is 1.60. The molecule has 2 aromatic rings. The van der Waals surface area contributed by atoms with Gasteiger partial charge in [-0.2, -0.15) is 0 Å². The first-order valence-electron chi connectivity index (χ1n) is 5.61.